The van der Waals surface area contributed by atoms with Crippen molar-refractivity contribution >= 4 is 16.2 Å². The number of aryl methyl sites for hydroxylation is 1. The van der Waals surface area contributed by atoms with Crippen LogP contribution in [0.5, 0.6) is 0 Å². The Kier molecular flexibility index (Phi) is 8.12. The van der Waals surface area contributed by atoms with Gasteiger partial charge in [0.2, 0.25) is 0 Å². The summed E-state index contributed by atoms with van der Waals surface area (Å²) < 4.78 is 33.2. The van der Waals surface area contributed by atoms with Gasteiger partial charge in [0.15, 0.2) is 0 Å². The summed E-state index contributed by atoms with van der Waals surface area (Å²) in [5.41, 5.74) is 0.467. The topological polar surface area (TPSA) is 81.7 Å². The number of hydrogen-bond acceptors (Lipinski definition) is 5. The van der Waals surface area contributed by atoms with Crippen LogP contribution in [0.1, 0.15) is 39.7 Å². The summed E-state index contributed by atoms with van der Waals surface area (Å²) in [6.45, 7) is 6.95. The van der Waals surface area contributed by atoms with Gasteiger partial charge in [0.1, 0.15) is 5.60 Å². The lowest BCUT2D eigenvalue weighted by atomic mass is 10.1. The van der Waals surface area contributed by atoms with E-state index in [9.17, 15) is 13.2 Å². The SMILES string of the molecule is CCOS(=O)(=O)/C=C/[C@H](CCc1ccccc1)NC(=O)OC(C)(C)C. The first-order valence-corrected chi connectivity index (χ1v) is 9.69. The first-order chi connectivity index (χ1) is 11.6. The quantitative estimate of drug-likeness (QED) is 0.710. The number of nitrogens with one attached hydrogen (secondary N) is 1. The molecule has 0 aliphatic rings. The molecule has 0 unspecified atom stereocenters. The Morgan fingerprint density at radius 1 is 1.24 bits per heavy atom. The minimum Gasteiger partial charge on any atom is -0.444 e. The summed E-state index contributed by atoms with van der Waals surface area (Å²) in [4.78, 5) is 12.0. The molecule has 25 heavy (non-hydrogen) atoms. The van der Waals surface area contributed by atoms with Crippen LogP contribution >= 0.6 is 0 Å². The van der Waals surface area contributed by atoms with E-state index in [1.807, 2.05) is 30.3 Å². The van der Waals surface area contributed by atoms with Gasteiger partial charge in [-0.25, -0.2) is 4.79 Å². The average molecular weight is 369 g/mol. The summed E-state index contributed by atoms with van der Waals surface area (Å²) >= 11 is 0. The van der Waals surface area contributed by atoms with Crippen molar-refractivity contribution in [1.82, 2.24) is 5.32 Å². The van der Waals surface area contributed by atoms with Gasteiger partial charge in [-0.1, -0.05) is 30.3 Å². The predicted octanol–water partition coefficient (Wildman–Crippen LogP) is 3.39. The Morgan fingerprint density at radius 3 is 2.44 bits per heavy atom. The third-order valence-electron chi connectivity index (χ3n) is 3.05. The molecule has 0 radical (unpaired) electrons. The van der Waals surface area contributed by atoms with E-state index in [0.717, 1.165) is 11.0 Å². The molecule has 0 aromatic heterocycles. The lowest BCUT2D eigenvalue weighted by molar-refractivity contribution is 0.0512. The van der Waals surface area contributed by atoms with E-state index in [1.54, 1.807) is 27.7 Å². The van der Waals surface area contributed by atoms with Gasteiger partial charge in [0.05, 0.1) is 18.1 Å². The number of ether oxygens (including phenoxy) is 1. The lowest BCUT2D eigenvalue weighted by Crippen LogP contribution is -2.38. The highest BCUT2D eigenvalue weighted by molar-refractivity contribution is 7.89. The molecule has 0 fully saturated rings. The third-order valence-corrected chi connectivity index (χ3v) is 4.10. The molecule has 0 saturated heterocycles. The Balaban J connectivity index is 2.78. The highest BCUT2D eigenvalue weighted by Gasteiger charge is 2.19. The average Bonchev–Trinajstić information content (AvgIpc) is 2.49. The number of alkyl carbamates (subject to hydrolysis) is 1. The largest absolute Gasteiger partial charge is 0.444 e. The number of carbonyl (C=O) groups excluding carboxylic acids is 1. The van der Waals surface area contributed by atoms with Gasteiger partial charge in [-0.15, -0.1) is 0 Å². The summed E-state index contributed by atoms with van der Waals surface area (Å²) in [6.07, 6.45) is 2.03. The van der Waals surface area contributed by atoms with Crippen LogP contribution < -0.4 is 5.32 Å². The van der Waals surface area contributed by atoms with Crippen LogP contribution in [0.4, 0.5) is 4.79 Å². The highest BCUT2D eigenvalue weighted by Crippen LogP contribution is 2.10. The summed E-state index contributed by atoms with van der Waals surface area (Å²) in [6, 6.07) is 9.25. The van der Waals surface area contributed by atoms with E-state index >= 15 is 0 Å². The molecule has 1 aromatic carbocycles. The molecule has 1 rings (SSSR count). The number of amides is 1. The van der Waals surface area contributed by atoms with Gasteiger partial charge in [-0.3, -0.25) is 4.18 Å². The van der Waals surface area contributed by atoms with Crippen LogP contribution in [0.2, 0.25) is 0 Å². The minimum absolute atomic E-state index is 0.0564. The van der Waals surface area contributed by atoms with Gasteiger partial charge in [-0.2, -0.15) is 8.42 Å². The zero-order chi connectivity index (χ0) is 18.9. The van der Waals surface area contributed by atoms with E-state index in [4.69, 9.17) is 4.74 Å². The van der Waals surface area contributed by atoms with Crippen molar-refractivity contribution in [2.75, 3.05) is 6.61 Å². The zero-order valence-electron chi connectivity index (χ0n) is 15.2. The number of carbonyl (C=O) groups is 1. The van der Waals surface area contributed by atoms with Gasteiger partial charge in [0.25, 0.3) is 10.1 Å². The second kappa shape index (κ2) is 9.58. The van der Waals surface area contributed by atoms with Crippen LogP contribution in [0.15, 0.2) is 41.8 Å². The molecule has 140 valence electrons. The van der Waals surface area contributed by atoms with Crippen LogP contribution in [0.25, 0.3) is 0 Å². The van der Waals surface area contributed by atoms with E-state index in [-0.39, 0.29) is 6.61 Å². The van der Waals surface area contributed by atoms with Crippen molar-refractivity contribution in [3.05, 3.63) is 47.4 Å². The second-order valence-corrected chi connectivity index (χ2v) is 8.00. The minimum atomic E-state index is -3.75. The lowest BCUT2D eigenvalue weighted by Gasteiger charge is -2.22. The molecule has 1 atom stereocenters. The molecule has 0 aliphatic heterocycles. The van der Waals surface area contributed by atoms with Crippen molar-refractivity contribution in [3.63, 3.8) is 0 Å². The second-order valence-electron chi connectivity index (χ2n) is 6.50. The summed E-state index contributed by atoms with van der Waals surface area (Å²) in [5, 5.41) is 3.67. The highest BCUT2D eigenvalue weighted by atomic mass is 32.2. The van der Waals surface area contributed by atoms with Gasteiger partial charge in [-0.05, 0) is 52.2 Å². The molecule has 0 spiro atoms. The van der Waals surface area contributed by atoms with Crippen molar-refractivity contribution in [2.45, 2.75) is 52.2 Å². The zero-order valence-corrected chi connectivity index (χ0v) is 16.0. The molecule has 0 heterocycles. The molecule has 1 aromatic rings. The van der Waals surface area contributed by atoms with Gasteiger partial charge >= 0.3 is 6.09 Å². The molecular weight excluding hydrogens is 342 g/mol. The van der Waals surface area contributed by atoms with Gasteiger partial charge < -0.3 is 10.1 Å². The number of benzene rings is 1. The Bertz CT molecular complexity index is 662. The summed E-state index contributed by atoms with van der Waals surface area (Å²) in [7, 11) is -3.75. The van der Waals surface area contributed by atoms with E-state index in [1.165, 1.54) is 6.08 Å². The number of hydrogen-bond donors (Lipinski definition) is 1. The molecular formula is C18H27NO5S. The maximum absolute atomic E-state index is 12.0. The molecule has 1 N–H and O–H groups in total. The van der Waals surface area contributed by atoms with Crippen LogP contribution in [-0.2, 0) is 25.5 Å². The fourth-order valence-electron chi connectivity index (χ4n) is 2.04. The van der Waals surface area contributed by atoms with E-state index < -0.39 is 27.9 Å². The molecule has 7 heteroatoms. The number of rotatable bonds is 8. The molecule has 0 bridgehead atoms. The van der Waals surface area contributed by atoms with E-state index in [2.05, 4.69) is 9.50 Å². The monoisotopic (exact) mass is 369 g/mol. The van der Waals surface area contributed by atoms with Crippen molar-refractivity contribution < 1.29 is 22.1 Å². The third kappa shape index (κ3) is 9.89. The fraction of sp³-hybridized carbons (Fsp3) is 0.500. The summed E-state index contributed by atoms with van der Waals surface area (Å²) in [5.74, 6) is 0. The first-order valence-electron chi connectivity index (χ1n) is 8.22. The molecule has 6 nitrogen and oxygen atoms in total. The van der Waals surface area contributed by atoms with Crippen molar-refractivity contribution in [2.24, 2.45) is 0 Å². The maximum atomic E-state index is 12.0. The fourth-order valence-corrected chi connectivity index (χ4v) is 2.83. The Morgan fingerprint density at radius 2 is 1.88 bits per heavy atom. The van der Waals surface area contributed by atoms with Crippen LogP contribution in [0, 0.1) is 0 Å². The van der Waals surface area contributed by atoms with Crippen LogP contribution in [0.3, 0.4) is 0 Å². The molecule has 0 aliphatic carbocycles. The molecule has 0 saturated carbocycles. The Labute approximate surface area is 150 Å². The van der Waals surface area contributed by atoms with Crippen molar-refractivity contribution in [1.29, 1.82) is 0 Å². The van der Waals surface area contributed by atoms with Gasteiger partial charge in [0, 0.05) is 0 Å². The van der Waals surface area contributed by atoms with E-state index in [0.29, 0.717) is 12.8 Å². The smallest absolute Gasteiger partial charge is 0.408 e. The van der Waals surface area contributed by atoms with Crippen LogP contribution in [-0.4, -0.2) is 32.8 Å². The van der Waals surface area contributed by atoms with Crippen molar-refractivity contribution in [3.8, 4) is 0 Å². The first kappa shape index (κ1) is 21.2. The maximum Gasteiger partial charge on any atom is 0.408 e. The normalized spacial score (nSPS) is 13.6. The molecule has 1 amide bonds. The predicted molar refractivity (Wildman–Crippen MR) is 97.6 cm³/mol. The Hall–Kier alpha value is -1.86. The standard InChI is InChI=1S/C18H27NO5S/c1-5-23-25(21,22)14-13-16(19-17(20)24-18(2,3)4)12-11-15-9-7-6-8-10-15/h6-10,13-14,16H,5,11-12H2,1-4H3,(H,19,20)/b14-13+/t16-/m0/s1.